The molecule has 0 atom stereocenters. The minimum Gasteiger partial charge on any atom is -0.478 e. The maximum absolute atomic E-state index is 11.9. The van der Waals surface area contributed by atoms with E-state index in [1.165, 1.54) is 0 Å². The lowest BCUT2D eigenvalue weighted by atomic mass is 10.1. The highest BCUT2D eigenvalue weighted by atomic mass is 32.2. The van der Waals surface area contributed by atoms with Gasteiger partial charge in [-0.25, -0.2) is 4.79 Å². The van der Waals surface area contributed by atoms with Crippen molar-refractivity contribution in [1.29, 1.82) is 0 Å². The van der Waals surface area contributed by atoms with E-state index >= 15 is 0 Å². The first-order valence-electron chi connectivity index (χ1n) is 6.37. The number of nitrogens with zero attached hydrogens (tertiary/aromatic N) is 1. The van der Waals surface area contributed by atoms with Gasteiger partial charge in [0.25, 0.3) is 0 Å². The highest BCUT2D eigenvalue weighted by molar-refractivity contribution is 7.99. The van der Waals surface area contributed by atoms with Crippen LogP contribution in [0.15, 0.2) is 18.2 Å². The number of benzene rings is 1. The Bertz CT molecular complexity index is 501. The Morgan fingerprint density at radius 1 is 1.47 bits per heavy atom. The highest BCUT2D eigenvalue weighted by Crippen LogP contribution is 2.30. The zero-order valence-electron chi connectivity index (χ0n) is 10.9. The minimum absolute atomic E-state index is 0.0686. The van der Waals surface area contributed by atoms with E-state index in [4.69, 9.17) is 5.11 Å². The van der Waals surface area contributed by atoms with Gasteiger partial charge in [-0.05, 0) is 35.6 Å². The van der Waals surface area contributed by atoms with E-state index in [2.05, 4.69) is 6.92 Å². The van der Waals surface area contributed by atoms with Gasteiger partial charge in [-0.1, -0.05) is 13.0 Å². The molecule has 0 aromatic heterocycles. The van der Waals surface area contributed by atoms with Crippen LogP contribution in [0.25, 0.3) is 0 Å². The lowest BCUT2D eigenvalue weighted by Crippen LogP contribution is -2.28. The van der Waals surface area contributed by atoms with Gasteiger partial charge in [-0.3, -0.25) is 4.79 Å². The van der Waals surface area contributed by atoms with Gasteiger partial charge < -0.3 is 10.0 Å². The van der Waals surface area contributed by atoms with Crippen LogP contribution in [0.3, 0.4) is 0 Å². The van der Waals surface area contributed by atoms with Crippen LogP contribution in [0.4, 0.5) is 5.69 Å². The lowest BCUT2D eigenvalue weighted by molar-refractivity contribution is -0.117. The Labute approximate surface area is 116 Å². The van der Waals surface area contributed by atoms with Crippen LogP contribution in [0.5, 0.6) is 0 Å². The molecule has 19 heavy (non-hydrogen) atoms. The molecule has 1 heterocycles. The van der Waals surface area contributed by atoms with E-state index < -0.39 is 5.97 Å². The second kappa shape index (κ2) is 6.10. The first kappa shape index (κ1) is 13.9. The minimum atomic E-state index is -0.955. The fourth-order valence-electron chi connectivity index (χ4n) is 2.20. The average Bonchev–Trinajstić information content (AvgIpc) is 2.70. The summed E-state index contributed by atoms with van der Waals surface area (Å²) in [5.41, 5.74) is 1.94. The van der Waals surface area contributed by atoms with Gasteiger partial charge in [0.05, 0.1) is 12.0 Å². The van der Waals surface area contributed by atoms with Crippen molar-refractivity contribution in [3.63, 3.8) is 0 Å². The molecular weight excluding hydrogens is 262 g/mol. The fourth-order valence-corrected chi connectivity index (χ4v) is 2.83. The predicted octanol–water partition coefficient (Wildman–Crippen LogP) is 2.42. The molecule has 0 saturated carbocycles. The summed E-state index contributed by atoms with van der Waals surface area (Å²) in [5.74, 6) is 1.21. The molecule has 5 heteroatoms. The van der Waals surface area contributed by atoms with Crippen molar-refractivity contribution in [2.75, 3.05) is 23.0 Å². The van der Waals surface area contributed by atoms with Crippen molar-refractivity contribution < 1.29 is 14.7 Å². The summed E-state index contributed by atoms with van der Waals surface area (Å²) in [7, 11) is 0. The monoisotopic (exact) mass is 279 g/mol. The van der Waals surface area contributed by atoms with Gasteiger partial charge in [0.2, 0.25) is 5.91 Å². The number of carbonyl (C=O) groups is 2. The van der Waals surface area contributed by atoms with Crippen LogP contribution in [-0.2, 0) is 11.2 Å². The maximum Gasteiger partial charge on any atom is 0.335 e. The molecule has 1 aromatic carbocycles. The second-order valence-corrected chi connectivity index (χ2v) is 5.82. The zero-order valence-corrected chi connectivity index (χ0v) is 11.7. The molecule has 1 amide bonds. The number of amides is 1. The summed E-state index contributed by atoms with van der Waals surface area (Å²) in [6.45, 7) is 2.78. The first-order chi connectivity index (χ1) is 9.13. The van der Waals surface area contributed by atoms with Gasteiger partial charge in [0.15, 0.2) is 0 Å². The molecule has 1 N–H and O–H groups in total. The van der Waals surface area contributed by atoms with Crippen LogP contribution in [0.1, 0.15) is 29.3 Å². The number of anilines is 1. The number of fused-ring (bicyclic) bond motifs is 1. The number of hydrogen-bond acceptors (Lipinski definition) is 3. The summed E-state index contributed by atoms with van der Waals surface area (Å²) < 4.78 is 0. The molecular formula is C14H17NO3S. The van der Waals surface area contributed by atoms with Crippen LogP contribution >= 0.6 is 11.8 Å². The quantitative estimate of drug-likeness (QED) is 0.812. The zero-order chi connectivity index (χ0) is 13.8. The standard InChI is InChI=1S/C14H17NO3S/c1-2-19-7-3-6-15-12-8-11(14(17)18)5-4-10(12)9-13(15)16/h4-5,8H,2-3,6-7,9H2,1H3,(H,17,18). The van der Waals surface area contributed by atoms with Gasteiger partial charge in [-0.2, -0.15) is 11.8 Å². The molecule has 1 aliphatic rings. The molecule has 1 aromatic rings. The van der Waals surface area contributed by atoms with Crippen LogP contribution in [-0.4, -0.2) is 35.0 Å². The summed E-state index contributed by atoms with van der Waals surface area (Å²) in [6.07, 6.45) is 1.32. The SMILES string of the molecule is CCSCCCN1C(=O)Cc2ccc(C(=O)O)cc21. The van der Waals surface area contributed by atoms with Crippen molar-refractivity contribution in [1.82, 2.24) is 0 Å². The molecule has 0 spiro atoms. The van der Waals surface area contributed by atoms with E-state index in [9.17, 15) is 9.59 Å². The molecule has 4 nitrogen and oxygen atoms in total. The van der Waals surface area contributed by atoms with Crippen molar-refractivity contribution in [3.8, 4) is 0 Å². The molecule has 0 saturated heterocycles. The van der Waals surface area contributed by atoms with Crippen molar-refractivity contribution in [2.45, 2.75) is 19.8 Å². The summed E-state index contributed by atoms with van der Waals surface area (Å²) in [6, 6.07) is 4.91. The highest BCUT2D eigenvalue weighted by Gasteiger charge is 2.27. The van der Waals surface area contributed by atoms with Gasteiger partial charge in [-0.15, -0.1) is 0 Å². The first-order valence-corrected chi connectivity index (χ1v) is 7.53. The largest absolute Gasteiger partial charge is 0.478 e. The van der Waals surface area contributed by atoms with Crippen LogP contribution in [0.2, 0.25) is 0 Å². The molecule has 1 aliphatic heterocycles. The molecule has 0 bridgehead atoms. The van der Waals surface area contributed by atoms with E-state index in [0.717, 1.165) is 29.2 Å². The van der Waals surface area contributed by atoms with Crippen molar-refractivity contribution in [3.05, 3.63) is 29.3 Å². The summed E-state index contributed by atoms with van der Waals surface area (Å²) in [4.78, 5) is 24.6. The summed E-state index contributed by atoms with van der Waals surface area (Å²) in [5, 5.41) is 9.01. The molecule has 0 fully saturated rings. The van der Waals surface area contributed by atoms with Crippen LogP contribution < -0.4 is 4.90 Å². The maximum atomic E-state index is 11.9. The Hall–Kier alpha value is -1.49. The third-order valence-corrected chi connectivity index (χ3v) is 4.13. The van der Waals surface area contributed by atoms with Gasteiger partial charge in [0, 0.05) is 12.2 Å². The van der Waals surface area contributed by atoms with Gasteiger partial charge in [0.1, 0.15) is 0 Å². The lowest BCUT2D eigenvalue weighted by Gasteiger charge is -2.17. The van der Waals surface area contributed by atoms with E-state index in [0.29, 0.717) is 13.0 Å². The van der Waals surface area contributed by atoms with Gasteiger partial charge >= 0.3 is 5.97 Å². The Balaban J connectivity index is 2.12. The topological polar surface area (TPSA) is 57.6 Å². The molecule has 0 aliphatic carbocycles. The molecule has 0 radical (unpaired) electrons. The number of carbonyl (C=O) groups excluding carboxylic acids is 1. The molecule has 2 rings (SSSR count). The third kappa shape index (κ3) is 3.10. The Morgan fingerprint density at radius 3 is 2.95 bits per heavy atom. The average molecular weight is 279 g/mol. The Morgan fingerprint density at radius 2 is 2.26 bits per heavy atom. The number of rotatable bonds is 6. The normalized spacial score (nSPS) is 13.7. The van der Waals surface area contributed by atoms with E-state index in [1.807, 2.05) is 11.8 Å². The fraction of sp³-hybridized carbons (Fsp3) is 0.429. The van der Waals surface area contributed by atoms with Crippen molar-refractivity contribution in [2.24, 2.45) is 0 Å². The number of aromatic carboxylic acids is 1. The Kier molecular flexibility index (Phi) is 4.47. The summed E-state index contributed by atoms with van der Waals surface area (Å²) >= 11 is 1.85. The number of carboxylic acids is 1. The molecule has 0 unspecified atom stereocenters. The predicted molar refractivity (Wildman–Crippen MR) is 77.1 cm³/mol. The van der Waals surface area contributed by atoms with E-state index in [1.54, 1.807) is 23.1 Å². The molecule has 102 valence electrons. The third-order valence-electron chi connectivity index (χ3n) is 3.14. The number of carboxylic acid groups (broad SMARTS) is 1. The second-order valence-electron chi connectivity index (χ2n) is 4.42. The van der Waals surface area contributed by atoms with E-state index in [-0.39, 0.29) is 11.5 Å². The van der Waals surface area contributed by atoms with Crippen molar-refractivity contribution >= 4 is 29.3 Å². The number of thioether (sulfide) groups is 1. The van der Waals surface area contributed by atoms with Crippen LogP contribution in [0, 0.1) is 0 Å². The smallest absolute Gasteiger partial charge is 0.335 e. The number of hydrogen-bond donors (Lipinski definition) is 1.